The molecule has 0 bridgehead atoms. The second-order valence-electron chi connectivity index (χ2n) is 3.45. The number of rotatable bonds is 8. The molecular weight excluding hydrogens is 215 g/mol. The number of hydrogen-bond acceptors (Lipinski definition) is 2. The summed E-state index contributed by atoms with van der Waals surface area (Å²) < 4.78 is 15.6. The molecule has 0 aliphatic heterocycles. The SMILES string of the molecule is C=CCC(C=C)(CCCC)OP(=O)(O)O. The minimum absolute atomic E-state index is 0.349. The molecule has 0 saturated carbocycles. The van der Waals surface area contributed by atoms with Crippen LogP contribution in [-0.4, -0.2) is 15.4 Å². The smallest absolute Gasteiger partial charge is 0.303 e. The fourth-order valence-electron chi connectivity index (χ4n) is 1.36. The first-order valence-electron chi connectivity index (χ1n) is 4.90. The van der Waals surface area contributed by atoms with Crippen LogP contribution in [0.25, 0.3) is 0 Å². The van der Waals surface area contributed by atoms with Gasteiger partial charge in [0.2, 0.25) is 0 Å². The van der Waals surface area contributed by atoms with Gasteiger partial charge in [0.25, 0.3) is 0 Å². The summed E-state index contributed by atoms with van der Waals surface area (Å²) in [5.74, 6) is 0. The van der Waals surface area contributed by atoms with E-state index >= 15 is 0 Å². The normalized spacial score (nSPS) is 15.7. The second-order valence-corrected chi connectivity index (χ2v) is 4.61. The summed E-state index contributed by atoms with van der Waals surface area (Å²) in [5, 5.41) is 0. The van der Waals surface area contributed by atoms with E-state index < -0.39 is 13.4 Å². The van der Waals surface area contributed by atoms with E-state index in [1.165, 1.54) is 6.08 Å². The van der Waals surface area contributed by atoms with E-state index in [4.69, 9.17) is 14.3 Å². The van der Waals surface area contributed by atoms with E-state index in [0.29, 0.717) is 12.8 Å². The van der Waals surface area contributed by atoms with E-state index in [9.17, 15) is 4.57 Å². The van der Waals surface area contributed by atoms with Crippen molar-refractivity contribution in [2.75, 3.05) is 0 Å². The van der Waals surface area contributed by atoms with Crippen molar-refractivity contribution in [2.24, 2.45) is 0 Å². The molecule has 0 radical (unpaired) electrons. The first-order valence-corrected chi connectivity index (χ1v) is 6.43. The van der Waals surface area contributed by atoms with Gasteiger partial charge < -0.3 is 9.79 Å². The lowest BCUT2D eigenvalue weighted by atomic mass is 9.93. The predicted octanol–water partition coefficient (Wildman–Crippen LogP) is 2.79. The highest BCUT2D eigenvalue weighted by Crippen LogP contribution is 2.45. The van der Waals surface area contributed by atoms with Gasteiger partial charge in [0.05, 0.1) is 0 Å². The highest BCUT2D eigenvalue weighted by atomic mass is 31.2. The van der Waals surface area contributed by atoms with E-state index in [0.717, 1.165) is 12.8 Å². The van der Waals surface area contributed by atoms with E-state index in [2.05, 4.69) is 13.2 Å². The Bertz CT molecular complexity index is 258. The number of unbranched alkanes of at least 4 members (excludes halogenated alkanes) is 1. The Balaban J connectivity index is 4.71. The molecule has 0 aliphatic rings. The molecule has 1 atom stereocenters. The molecule has 2 N–H and O–H groups in total. The molecule has 0 aromatic carbocycles. The molecular formula is C10H19O4P. The average Bonchev–Trinajstić information content (AvgIpc) is 2.12. The molecule has 0 amide bonds. The Morgan fingerprint density at radius 3 is 2.40 bits per heavy atom. The minimum Gasteiger partial charge on any atom is -0.303 e. The average molecular weight is 234 g/mol. The molecule has 0 rings (SSSR count). The molecule has 0 aromatic heterocycles. The van der Waals surface area contributed by atoms with Gasteiger partial charge in [-0.1, -0.05) is 31.9 Å². The van der Waals surface area contributed by atoms with Crippen LogP contribution in [0.2, 0.25) is 0 Å². The molecule has 1 unspecified atom stereocenters. The molecule has 0 spiro atoms. The first kappa shape index (κ1) is 14.6. The second kappa shape index (κ2) is 6.23. The van der Waals surface area contributed by atoms with Gasteiger partial charge in [-0.15, -0.1) is 13.2 Å². The summed E-state index contributed by atoms with van der Waals surface area (Å²) in [6, 6.07) is 0. The maximum Gasteiger partial charge on any atom is 0.470 e. The fraction of sp³-hybridized carbons (Fsp3) is 0.600. The number of hydrogen-bond donors (Lipinski definition) is 2. The molecule has 0 aromatic rings. The zero-order valence-electron chi connectivity index (χ0n) is 9.06. The van der Waals surface area contributed by atoms with Crippen LogP contribution in [0.3, 0.4) is 0 Å². The van der Waals surface area contributed by atoms with Gasteiger partial charge in [-0.2, -0.15) is 0 Å². The van der Waals surface area contributed by atoms with Crippen molar-refractivity contribution >= 4 is 7.82 Å². The lowest BCUT2D eigenvalue weighted by Gasteiger charge is -2.29. The Morgan fingerprint density at radius 1 is 1.47 bits per heavy atom. The standard InChI is InChI=1S/C10H19O4P/c1-4-7-9-10(6-3,8-5-2)14-15(11,12)13/h5-6H,2-4,7-9H2,1H3,(H2,11,12,13). The van der Waals surface area contributed by atoms with Gasteiger partial charge in [-0.25, -0.2) is 4.57 Å². The van der Waals surface area contributed by atoms with Crippen molar-refractivity contribution in [1.82, 2.24) is 0 Å². The lowest BCUT2D eigenvalue weighted by molar-refractivity contribution is 0.0671. The Kier molecular flexibility index (Phi) is 6.06. The summed E-state index contributed by atoms with van der Waals surface area (Å²) in [7, 11) is -4.49. The maximum atomic E-state index is 10.8. The third-order valence-electron chi connectivity index (χ3n) is 2.12. The van der Waals surface area contributed by atoms with Crippen LogP contribution in [0.1, 0.15) is 32.6 Å². The third kappa shape index (κ3) is 5.90. The van der Waals surface area contributed by atoms with Crippen LogP contribution in [0.4, 0.5) is 0 Å². The van der Waals surface area contributed by atoms with Gasteiger partial charge in [0, 0.05) is 0 Å². The third-order valence-corrected chi connectivity index (χ3v) is 2.72. The molecule has 0 saturated heterocycles. The molecule has 4 nitrogen and oxygen atoms in total. The highest BCUT2D eigenvalue weighted by molar-refractivity contribution is 7.46. The first-order chi connectivity index (χ1) is 6.89. The zero-order chi connectivity index (χ0) is 11.9. The van der Waals surface area contributed by atoms with Gasteiger partial charge in [-0.3, -0.25) is 4.52 Å². The maximum absolute atomic E-state index is 10.8. The Morgan fingerprint density at radius 2 is 2.07 bits per heavy atom. The van der Waals surface area contributed by atoms with Gasteiger partial charge >= 0.3 is 7.82 Å². The summed E-state index contributed by atoms with van der Waals surface area (Å²) >= 11 is 0. The van der Waals surface area contributed by atoms with Crippen LogP contribution < -0.4 is 0 Å². The van der Waals surface area contributed by atoms with E-state index in [-0.39, 0.29) is 0 Å². The molecule has 0 heterocycles. The summed E-state index contributed by atoms with van der Waals surface area (Å²) in [5.41, 5.74) is -0.989. The topological polar surface area (TPSA) is 66.8 Å². The summed E-state index contributed by atoms with van der Waals surface area (Å²) in [4.78, 5) is 17.6. The zero-order valence-corrected chi connectivity index (χ0v) is 9.95. The van der Waals surface area contributed by atoms with E-state index in [1.54, 1.807) is 6.08 Å². The lowest BCUT2D eigenvalue weighted by Crippen LogP contribution is -2.28. The molecule has 88 valence electrons. The summed E-state index contributed by atoms with van der Waals surface area (Å²) in [6.07, 6.45) is 5.65. The van der Waals surface area contributed by atoms with Crippen molar-refractivity contribution < 1.29 is 18.9 Å². The fourth-order valence-corrected chi connectivity index (χ4v) is 2.08. The van der Waals surface area contributed by atoms with Crippen LogP contribution >= 0.6 is 7.82 Å². The van der Waals surface area contributed by atoms with Crippen LogP contribution in [-0.2, 0) is 9.09 Å². The molecule has 0 fully saturated rings. The molecule has 5 heteroatoms. The largest absolute Gasteiger partial charge is 0.470 e. The quantitative estimate of drug-likeness (QED) is 0.500. The van der Waals surface area contributed by atoms with Crippen molar-refractivity contribution in [3.63, 3.8) is 0 Å². The number of phosphoric acid groups is 1. The number of phosphoric ester groups is 1. The van der Waals surface area contributed by atoms with Crippen LogP contribution in [0, 0.1) is 0 Å². The Hall–Kier alpha value is -0.410. The highest BCUT2D eigenvalue weighted by Gasteiger charge is 2.33. The Labute approximate surface area is 90.9 Å². The van der Waals surface area contributed by atoms with Gasteiger partial charge in [0.1, 0.15) is 5.60 Å². The van der Waals surface area contributed by atoms with Crippen molar-refractivity contribution in [2.45, 2.75) is 38.2 Å². The predicted molar refractivity (Wildman–Crippen MR) is 60.4 cm³/mol. The van der Waals surface area contributed by atoms with Crippen molar-refractivity contribution in [3.8, 4) is 0 Å². The monoisotopic (exact) mass is 234 g/mol. The summed E-state index contributed by atoms with van der Waals surface area (Å²) in [6.45, 7) is 9.12. The molecule has 15 heavy (non-hydrogen) atoms. The molecule has 0 aliphatic carbocycles. The van der Waals surface area contributed by atoms with Crippen LogP contribution in [0.15, 0.2) is 25.3 Å². The van der Waals surface area contributed by atoms with E-state index in [1.807, 2.05) is 6.92 Å². The van der Waals surface area contributed by atoms with Gasteiger partial charge in [0.15, 0.2) is 0 Å². The van der Waals surface area contributed by atoms with Gasteiger partial charge in [-0.05, 0) is 12.8 Å². The van der Waals surface area contributed by atoms with Crippen molar-refractivity contribution in [1.29, 1.82) is 0 Å². The van der Waals surface area contributed by atoms with Crippen molar-refractivity contribution in [3.05, 3.63) is 25.3 Å². The van der Waals surface area contributed by atoms with Crippen LogP contribution in [0.5, 0.6) is 0 Å². The minimum atomic E-state index is -4.49.